The maximum atomic E-state index is 12.4. The van der Waals surface area contributed by atoms with Crippen LogP contribution in [0.25, 0.3) is 0 Å². The van der Waals surface area contributed by atoms with Gasteiger partial charge in [-0.25, -0.2) is 0 Å². The largest absolute Gasteiger partial charge is 0.493 e. The molecule has 1 atom stereocenters. The van der Waals surface area contributed by atoms with Crippen LogP contribution in [0.2, 0.25) is 0 Å². The number of primary amides is 1. The third-order valence-electron chi connectivity index (χ3n) is 4.23. The summed E-state index contributed by atoms with van der Waals surface area (Å²) in [5.74, 6) is 0.780. The number of nitrogens with one attached hydrogen (secondary N) is 1. The lowest BCUT2D eigenvalue weighted by Crippen LogP contribution is -2.29. The molecular weight excluding hydrogens is 352 g/mol. The second-order valence-corrected chi connectivity index (χ2v) is 7.14. The summed E-state index contributed by atoms with van der Waals surface area (Å²) in [6, 6.07) is 10.9. The number of carbonyl (C=O) groups is 2. The fourth-order valence-electron chi connectivity index (χ4n) is 2.83. The van der Waals surface area contributed by atoms with Gasteiger partial charge < -0.3 is 20.5 Å². The van der Waals surface area contributed by atoms with Crippen LogP contribution < -0.4 is 20.5 Å². The predicted molar refractivity (Wildman–Crippen MR) is 101 cm³/mol. The number of ether oxygens (including phenoxy) is 2. The van der Waals surface area contributed by atoms with Crippen LogP contribution in [0.5, 0.6) is 11.5 Å². The standard InChI is InChI=1S/C19H20N2O4S/c1-24-14-6-3-11(9-15(14)25-2)4-7-17-19(23)21-13-10-12(18(20)22)5-8-16(13)26-17/h3,5-6,8-10,17H,4,7H2,1-2H3,(H2,20,22)(H,21,23). The average molecular weight is 372 g/mol. The highest BCUT2D eigenvalue weighted by atomic mass is 32.2. The van der Waals surface area contributed by atoms with E-state index in [0.29, 0.717) is 29.2 Å². The van der Waals surface area contributed by atoms with Crippen molar-refractivity contribution in [3.63, 3.8) is 0 Å². The SMILES string of the molecule is COc1ccc(CCC2Sc3ccc(C(N)=O)cc3NC2=O)cc1OC. The fraction of sp³-hybridized carbons (Fsp3) is 0.263. The van der Waals surface area contributed by atoms with E-state index in [1.54, 1.807) is 26.4 Å². The molecule has 6 nitrogen and oxygen atoms in total. The zero-order valence-corrected chi connectivity index (χ0v) is 15.4. The number of rotatable bonds is 6. The lowest BCUT2D eigenvalue weighted by molar-refractivity contribution is -0.115. The molecule has 3 rings (SSSR count). The highest BCUT2D eigenvalue weighted by Gasteiger charge is 2.27. The van der Waals surface area contributed by atoms with Crippen LogP contribution in [0, 0.1) is 0 Å². The van der Waals surface area contributed by atoms with Gasteiger partial charge in [0.1, 0.15) is 0 Å². The molecule has 0 spiro atoms. The lowest BCUT2D eigenvalue weighted by atomic mass is 10.1. The van der Waals surface area contributed by atoms with Gasteiger partial charge in [-0.1, -0.05) is 6.07 Å². The van der Waals surface area contributed by atoms with E-state index in [4.69, 9.17) is 15.2 Å². The molecule has 3 N–H and O–H groups in total. The molecule has 1 heterocycles. The van der Waals surface area contributed by atoms with Crippen LogP contribution in [0.15, 0.2) is 41.3 Å². The summed E-state index contributed by atoms with van der Waals surface area (Å²) in [6.45, 7) is 0. The second-order valence-electron chi connectivity index (χ2n) is 5.90. The first-order valence-electron chi connectivity index (χ1n) is 8.14. The van der Waals surface area contributed by atoms with Crippen LogP contribution in [0.1, 0.15) is 22.3 Å². The summed E-state index contributed by atoms with van der Waals surface area (Å²) >= 11 is 1.50. The van der Waals surface area contributed by atoms with Crippen molar-refractivity contribution in [2.75, 3.05) is 19.5 Å². The second kappa shape index (κ2) is 7.70. The normalized spacial score (nSPS) is 15.8. The molecule has 0 aliphatic carbocycles. The quantitative estimate of drug-likeness (QED) is 0.814. The number of hydrogen-bond donors (Lipinski definition) is 2. The molecule has 2 amide bonds. The number of methoxy groups -OCH3 is 2. The third-order valence-corrected chi connectivity index (χ3v) is 5.57. The Morgan fingerprint density at radius 2 is 1.92 bits per heavy atom. The van der Waals surface area contributed by atoms with Gasteiger partial charge in [0.25, 0.3) is 0 Å². The molecule has 0 radical (unpaired) electrons. The Balaban J connectivity index is 1.70. The van der Waals surface area contributed by atoms with E-state index >= 15 is 0 Å². The topological polar surface area (TPSA) is 90.6 Å². The Labute approximate surface area is 156 Å². The molecule has 2 aromatic rings. The number of aryl methyl sites for hydroxylation is 1. The van der Waals surface area contributed by atoms with E-state index in [2.05, 4.69) is 5.32 Å². The van der Waals surface area contributed by atoms with Crippen molar-refractivity contribution in [2.24, 2.45) is 5.73 Å². The van der Waals surface area contributed by atoms with Crippen LogP contribution in [0.3, 0.4) is 0 Å². The lowest BCUT2D eigenvalue weighted by Gasteiger charge is -2.24. The highest BCUT2D eigenvalue weighted by molar-refractivity contribution is 8.01. The summed E-state index contributed by atoms with van der Waals surface area (Å²) in [6.07, 6.45) is 1.42. The molecule has 0 bridgehead atoms. The minimum atomic E-state index is -0.511. The fourth-order valence-corrected chi connectivity index (χ4v) is 3.92. The van der Waals surface area contributed by atoms with Gasteiger partial charge in [-0.15, -0.1) is 11.8 Å². The van der Waals surface area contributed by atoms with E-state index in [1.807, 2.05) is 24.3 Å². The Hall–Kier alpha value is -2.67. The number of carbonyl (C=O) groups excluding carboxylic acids is 2. The summed E-state index contributed by atoms with van der Waals surface area (Å²) in [5.41, 5.74) is 7.38. The maximum absolute atomic E-state index is 12.4. The van der Waals surface area contributed by atoms with Gasteiger partial charge in [0.05, 0.1) is 25.2 Å². The monoisotopic (exact) mass is 372 g/mol. The molecule has 0 fully saturated rings. The Kier molecular flexibility index (Phi) is 5.37. The van der Waals surface area contributed by atoms with E-state index in [0.717, 1.165) is 16.9 Å². The molecule has 1 unspecified atom stereocenters. The smallest absolute Gasteiger partial charge is 0.248 e. The van der Waals surface area contributed by atoms with Crippen molar-refractivity contribution < 1.29 is 19.1 Å². The first-order chi connectivity index (χ1) is 12.5. The zero-order valence-electron chi connectivity index (χ0n) is 14.6. The summed E-state index contributed by atoms with van der Waals surface area (Å²) in [4.78, 5) is 24.6. The average Bonchev–Trinajstić information content (AvgIpc) is 2.65. The van der Waals surface area contributed by atoms with Gasteiger partial charge in [0.15, 0.2) is 11.5 Å². The molecule has 26 heavy (non-hydrogen) atoms. The first kappa shape index (κ1) is 18.1. The van der Waals surface area contributed by atoms with Crippen molar-refractivity contribution in [2.45, 2.75) is 23.0 Å². The number of thioether (sulfide) groups is 1. The molecule has 1 aliphatic rings. The minimum Gasteiger partial charge on any atom is -0.493 e. The molecule has 2 aromatic carbocycles. The van der Waals surface area contributed by atoms with E-state index in [1.165, 1.54) is 11.8 Å². The molecule has 0 saturated carbocycles. The van der Waals surface area contributed by atoms with Crippen LogP contribution in [-0.2, 0) is 11.2 Å². The molecule has 0 aromatic heterocycles. The van der Waals surface area contributed by atoms with Crippen molar-refractivity contribution in [3.8, 4) is 11.5 Å². The summed E-state index contributed by atoms with van der Waals surface area (Å²) in [7, 11) is 3.20. The number of nitrogens with two attached hydrogens (primary N) is 1. The maximum Gasteiger partial charge on any atom is 0.248 e. The van der Waals surface area contributed by atoms with Gasteiger partial charge in [-0.2, -0.15) is 0 Å². The number of benzene rings is 2. The minimum absolute atomic E-state index is 0.0652. The predicted octanol–water partition coefficient (Wildman–Crippen LogP) is 2.85. The third kappa shape index (κ3) is 3.77. The molecule has 136 valence electrons. The van der Waals surface area contributed by atoms with Gasteiger partial charge in [0.2, 0.25) is 11.8 Å². The number of hydrogen-bond acceptors (Lipinski definition) is 5. The highest BCUT2D eigenvalue weighted by Crippen LogP contribution is 2.38. The number of amides is 2. The van der Waals surface area contributed by atoms with E-state index < -0.39 is 5.91 Å². The van der Waals surface area contributed by atoms with Crippen LogP contribution in [-0.4, -0.2) is 31.3 Å². The first-order valence-corrected chi connectivity index (χ1v) is 9.02. The Morgan fingerprint density at radius 3 is 2.62 bits per heavy atom. The van der Waals surface area contributed by atoms with E-state index in [9.17, 15) is 9.59 Å². The number of anilines is 1. The summed E-state index contributed by atoms with van der Waals surface area (Å²) < 4.78 is 10.6. The Bertz CT molecular complexity index is 853. The van der Waals surface area contributed by atoms with E-state index in [-0.39, 0.29) is 11.2 Å². The van der Waals surface area contributed by atoms with Crippen molar-refractivity contribution >= 4 is 29.3 Å². The Morgan fingerprint density at radius 1 is 1.15 bits per heavy atom. The molecule has 7 heteroatoms. The molecule has 0 saturated heterocycles. The molecular formula is C19H20N2O4S. The number of fused-ring (bicyclic) bond motifs is 1. The van der Waals surface area contributed by atoms with Gasteiger partial charge in [-0.05, 0) is 48.7 Å². The van der Waals surface area contributed by atoms with Gasteiger partial charge in [0, 0.05) is 10.5 Å². The van der Waals surface area contributed by atoms with Crippen LogP contribution in [0.4, 0.5) is 5.69 Å². The van der Waals surface area contributed by atoms with Crippen LogP contribution >= 0.6 is 11.8 Å². The van der Waals surface area contributed by atoms with Gasteiger partial charge in [-0.3, -0.25) is 9.59 Å². The molecule has 1 aliphatic heterocycles. The summed E-state index contributed by atoms with van der Waals surface area (Å²) in [5, 5.41) is 2.67. The van der Waals surface area contributed by atoms with Crippen molar-refractivity contribution in [1.29, 1.82) is 0 Å². The van der Waals surface area contributed by atoms with Crippen molar-refractivity contribution in [1.82, 2.24) is 0 Å². The van der Waals surface area contributed by atoms with Gasteiger partial charge >= 0.3 is 0 Å². The van der Waals surface area contributed by atoms with Crippen molar-refractivity contribution in [3.05, 3.63) is 47.5 Å². The zero-order chi connectivity index (χ0) is 18.7.